The molecule has 0 nitrogen and oxygen atoms in total. The summed E-state index contributed by atoms with van der Waals surface area (Å²) >= 11 is 1.85. The van der Waals surface area contributed by atoms with Gasteiger partial charge in [-0.3, -0.25) is 0 Å². The van der Waals surface area contributed by atoms with Crippen LogP contribution in [0.15, 0.2) is 0 Å². The second kappa shape index (κ2) is 4.08. The molecule has 0 saturated heterocycles. The fourth-order valence-corrected chi connectivity index (χ4v) is 4.94. The summed E-state index contributed by atoms with van der Waals surface area (Å²) in [5.41, 5.74) is 1.35. The van der Waals surface area contributed by atoms with Gasteiger partial charge in [-0.05, 0) is 0 Å². The standard InChI is InChI=1S/C7H14Si.Zr/c1-8-7-5-3-2-4-6-7;/h7H,2-6H2,1H3;/q;+2. The van der Waals surface area contributed by atoms with Gasteiger partial charge in [0, 0.05) is 0 Å². The van der Waals surface area contributed by atoms with Crippen LogP contribution >= 0.6 is 0 Å². The minimum absolute atomic E-state index is 0.155. The summed E-state index contributed by atoms with van der Waals surface area (Å²) in [5.74, 6) is 0. The predicted molar refractivity (Wildman–Crippen MR) is 38.5 cm³/mol. The summed E-state index contributed by atoms with van der Waals surface area (Å²) in [5, 5.41) is 0. The topological polar surface area (TPSA) is 0 Å². The van der Waals surface area contributed by atoms with E-state index in [4.69, 9.17) is 0 Å². The molecule has 1 aliphatic rings. The SMILES string of the molecule is C[Si](=[Zr+2])C1CCCCC1. The van der Waals surface area contributed by atoms with Crippen molar-refractivity contribution in [1.82, 2.24) is 0 Å². The van der Waals surface area contributed by atoms with Crippen molar-refractivity contribution in [3.8, 4) is 0 Å². The second-order valence-corrected chi connectivity index (χ2v) is 11.0. The molecule has 0 atom stereocenters. The van der Waals surface area contributed by atoms with Crippen molar-refractivity contribution in [2.24, 2.45) is 0 Å². The Labute approximate surface area is 72.8 Å². The predicted octanol–water partition coefficient (Wildman–Crippen LogP) is 2.49. The van der Waals surface area contributed by atoms with Crippen LogP contribution in [0.25, 0.3) is 0 Å². The van der Waals surface area contributed by atoms with E-state index in [1.54, 1.807) is 12.8 Å². The van der Waals surface area contributed by atoms with E-state index in [0.29, 0.717) is 0 Å². The molecule has 2 heteroatoms. The van der Waals surface area contributed by atoms with E-state index in [-0.39, 0.29) is 5.43 Å². The molecule has 0 aromatic rings. The summed E-state index contributed by atoms with van der Waals surface area (Å²) in [6, 6.07) is 0. The third-order valence-electron chi connectivity index (χ3n) is 2.22. The van der Waals surface area contributed by atoms with Gasteiger partial charge in [-0.25, -0.2) is 0 Å². The van der Waals surface area contributed by atoms with Gasteiger partial charge in [-0.15, -0.1) is 0 Å². The molecular weight excluding hydrogens is 203 g/mol. The molecule has 0 aromatic heterocycles. The zero-order valence-corrected chi connectivity index (χ0v) is 9.57. The Hall–Kier alpha value is 1.10. The maximum absolute atomic E-state index is 2.50. The van der Waals surface area contributed by atoms with E-state index < -0.39 is 0 Å². The molecule has 0 unspecified atom stereocenters. The van der Waals surface area contributed by atoms with E-state index in [0.717, 1.165) is 0 Å². The molecule has 0 aliphatic heterocycles. The molecule has 9 heavy (non-hydrogen) atoms. The zero-order chi connectivity index (χ0) is 6.69. The molecule has 0 aromatic carbocycles. The van der Waals surface area contributed by atoms with E-state index >= 15 is 0 Å². The fourth-order valence-electron chi connectivity index (χ4n) is 1.54. The molecule has 0 N–H and O–H groups in total. The van der Waals surface area contributed by atoms with Gasteiger partial charge in [0.2, 0.25) is 0 Å². The molecule has 1 aliphatic carbocycles. The Balaban J connectivity index is 2.31. The van der Waals surface area contributed by atoms with Gasteiger partial charge < -0.3 is 0 Å². The van der Waals surface area contributed by atoms with Crippen molar-refractivity contribution >= 4 is 5.43 Å². The van der Waals surface area contributed by atoms with Crippen LogP contribution < -0.4 is 0 Å². The van der Waals surface area contributed by atoms with Gasteiger partial charge in [0.1, 0.15) is 0 Å². The molecule has 0 amide bonds. The van der Waals surface area contributed by atoms with Crippen LogP contribution in [-0.2, 0) is 23.3 Å². The summed E-state index contributed by atoms with van der Waals surface area (Å²) < 4.78 is 0. The van der Waals surface area contributed by atoms with Gasteiger partial charge >= 0.3 is 73.0 Å². The van der Waals surface area contributed by atoms with Crippen LogP contribution in [-0.4, -0.2) is 5.43 Å². The molecule has 48 valence electrons. The van der Waals surface area contributed by atoms with Gasteiger partial charge in [-0.1, -0.05) is 0 Å². The summed E-state index contributed by atoms with van der Waals surface area (Å²) in [7, 11) is 0. The Bertz CT molecular complexity index is 105. The number of hydrogen-bond acceptors (Lipinski definition) is 0. The average Bonchev–Trinajstić information content (AvgIpc) is 1.90. The third kappa shape index (κ3) is 2.67. The molecule has 1 rings (SSSR count). The Kier molecular flexibility index (Phi) is 3.72. The van der Waals surface area contributed by atoms with Crippen LogP contribution in [0.3, 0.4) is 0 Å². The molecule has 0 heterocycles. The summed E-state index contributed by atoms with van der Waals surface area (Å²) in [6.07, 6.45) is 7.70. The van der Waals surface area contributed by atoms with Crippen LogP contribution in [0.2, 0.25) is 12.1 Å². The minimum atomic E-state index is 0.155. The Morgan fingerprint density at radius 3 is 2.11 bits per heavy atom. The molecule has 0 radical (unpaired) electrons. The third-order valence-corrected chi connectivity index (χ3v) is 7.03. The molecule has 0 spiro atoms. The Morgan fingerprint density at radius 1 is 1.22 bits per heavy atom. The first-order valence-electron chi connectivity index (χ1n) is 3.86. The first-order valence-corrected chi connectivity index (χ1v) is 9.62. The van der Waals surface area contributed by atoms with Gasteiger partial charge in [0.25, 0.3) is 0 Å². The molecule has 0 bridgehead atoms. The van der Waals surface area contributed by atoms with E-state index in [9.17, 15) is 0 Å². The summed E-state index contributed by atoms with van der Waals surface area (Å²) in [4.78, 5) is 0. The van der Waals surface area contributed by atoms with Crippen LogP contribution in [0, 0.1) is 0 Å². The van der Waals surface area contributed by atoms with Crippen molar-refractivity contribution < 1.29 is 23.3 Å². The first-order chi connectivity index (χ1) is 4.30. The van der Waals surface area contributed by atoms with E-state index in [1.807, 2.05) is 23.3 Å². The molecular formula is C7H14SiZr+2. The first kappa shape index (κ1) is 8.20. The van der Waals surface area contributed by atoms with Gasteiger partial charge in [-0.2, -0.15) is 0 Å². The van der Waals surface area contributed by atoms with E-state index in [2.05, 4.69) is 6.55 Å². The van der Waals surface area contributed by atoms with Crippen LogP contribution in [0.4, 0.5) is 0 Å². The van der Waals surface area contributed by atoms with Crippen LogP contribution in [0.5, 0.6) is 0 Å². The molecule has 1 saturated carbocycles. The molecule has 1 fully saturated rings. The average molecular weight is 217 g/mol. The van der Waals surface area contributed by atoms with Crippen molar-refractivity contribution in [2.75, 3.05) is 0 Å². The van der Waals surface area contributed by atoms with E-state index in [1.165, 1.54) is 24.8 Å². The van der Waals surface area contributed by atoms with Gasteiger partial charge in [0.05, 0.1) is 0 Å². The monoisotopic (exact) mass is 216 g/mol. The fraction of sp³-hybridized carbons (Fsp3) is 1.00. The summed E-state index contributed by atoms with van der Waals surface area (Å²) in [6.45, 7) is 2.50. The van der Waals surface area contributed by atoms with Crippen molar-refractivity contribution in [1.29, 1.82) is 0 Å². The number of hydrogen-bond donors (Lipinski definition) is 0. The van der Waals surface area contributed by atoms with Crippen molar-refractivity contribution in [3.63, 3.8) is 0 Å². The van der Waals surface area contributed by atoms with Crippen molar-refractivity contribution in [2.45, 2.75) is 44.2 Å². The van der Waals surface area contributed by atoms with Crippen LogP contribution in [0.1, 0.15) is 32.1 Å². The number of rotatable bonds is 1. The van der Waals surface area contributed by atoms with Crippen molar-refractivity contribution in [3.05, 3.63) is 0 Å². The quantitative estimate of drug-likeness (QED) is 0.592. The Morgan fingerprint density at radius 2 is 1.78 bits per heavy atom. The zero-order valence-electron chi connectivity index (χ0n) is 6.11. The normalized spacial score (nSPS) is 22.1. The maximum atomic E-state index is 2.50. The second-order valence-electron chi connectivity index (χ2n) is 3.02. The van der Waals surface area contributed by atoms with Gasteiger partial charge in [0.15, 0.2) is 0 Å².